The van der Waals surface area contributed by atoms with Crippen LogP contribution >= 0.6 is 0 Å². The largest absolute Gasteiger partial charge is 0.355 e. The van der Waals surface area contributed by atoms with Crippen molar-refractivity contribution in [1.82, 2.24) is 10.2 Å². The second-order valence-electron chi connectivity index (χ2n) is 6.10. The Hall–Kier alpha value is -1.44. The first-order chi connectivity index (χ1) is 10.9. The highest BCUT2D eigenvalue weighted by atomic mass is 32.2. The van der Waals surface area contributed by atoms with Crippen LogP contribution in [0.15, 0.2) is 29.2 Å². The summed E-state index contributed by atoms with van der Waals surface area (Å²) in [5, 5.41) is 7.98. The molecule has 0 saturated carbocycles. The number of amides is 1. The first-order valence-electron chi connectivity index (χ1n) is 7.99. The average Bonchev–Trinajstić information content (AvgIpc) is 2.49. The lowest BCUT2D eigenvalue weighted by Gasteiger charge is -2.32. The van der Waals surface area contributed by atoms with E-state index in [1.54, 1.807) is 12.1 Å². The van der Waals surface area contributed by atoms with Gasteiger partial charge in [0.2, 0.25) is 15.9 Å². The fourth-order valence-corrected chi connectivity index (χ4v) is 3.34. The number of benzene rings is 1. The zero-order valence-electron chi connectivity index (χ0n) is 13.5. The standard InChI is InChI=1S/C16H25N3O3S/c1-13-4-2-3-11-19(13)12-16(20)18-10-9-14-5-7-15(8-6-14)23(17,21)22/h5-8,13H,2-4,9-12H2,1H3,(H,18,20)(H2,17,21,22)/t13-/m0/s1. The second kappa shape index (κ2) is 7.90. The van der Waals surface area contributed by atoms with Crippen LogP contribution in [0.5, 0.6) is 0 Å². The quantitative estimate of drug-likeness (QED) is 0.804. The summed E-state index contributed by atoms with van der Waals surface area (Å²) in [6, 6.07) is 6.89. The minimum Gasteiger partial charge on any atom is -0.355 e. The zero-order valence-corrected chi connectivity index (χ0v) is 14.3. The van der Waals surface area contributed by atoms with E-state index in [-0.39, 0.29) is 10.8 Å². The Bertz CT molecular complexity index is 628. The molecule has 0 bridgehead atoms. The fraction of sp³-hybridized carbons (Fsp3) is 0.562. The average molecular weight is 339 g/mol. The third-order valence-electron chi connectivity index (χ3n) is 4.27. The normalized spacial score (nSPS) is 19.5. The van der Waals surface area contributed by atoms with E-state index in [0.717, 1.165) is 24.9 Å². The number of nitrogens with zero attached hydrogens (tertiary/aromatic N) is 1. The third kappa shape index (κ3) is 5.60. The van der Waals surface area contributed by atoms with Gasteiger partial charge in [-0.2, -0.15) is 0 Å². The Morgan fingerprint density at radius 1 is 1.30 bits per heavy atom. The smallest absolute Gasteiger partial charge is 0.238 e. The topological polar surface area (TPSA) is 92.5 Å². The van der Waals surface area contributed by atoms with E-state index in [1.807, 2.05) is 0 Å². The summed E-state index contributed by atoms with van der Waals surface area (Å²) in [5.74, 6) is 0.0416. The van der Waals surface area contributed by atoms with Gasteiger partial charge in [0.25, 0.3) is 0 Å². The summed E-state index contributed by atoms with van der Waals surface area (Å²) < 4.78 is 22.4. The van der Waals surface area contributed by atoms with Crippen LogP contribution in [-0.2, 0) is 21.2 Å². The van der Waals surface area contributed by atoms with Crippen LogP contribution in [0.2, 0.25) is 0 Å². The molecule has 1 heterocycles. The minimum absolute atomic E-state index is 0.0416. The monoisotopic (exact) mass is 339 g/mol. The molecular formula is C16H25N3O3S. The van der Waals surface area contributed by atoms with Gasteiger partial charge in [-0.3, -0.25) is 9.69 Å². The second-order valence-corrected chi connectivity index (χ2v) is 7.67. The van der Waals surface area contributed by atoms with Gasteiger partial charge in [-0.1, -0.05) is 18.6 Å². The van der Waals surface area contributed by atoms with Crippen LogP contribution in [0.1, 0.15) is 31.7 Å². The van der Waals surface area contributed by atoms with E-state index in [9.17, 15) is 13.2 Å². The van der Waals surface area contributed by atoms with Crippen LogP contribution in [-0.4, -0.2) is 44.9 Å². The first kappa shape index (κ1) is 17.9. The molecule has 6 nitrogen and oxygen atoms in total. The van der Waals surface area contributed by atoms with E-state index in [4.69, 9.17) is 5.14 Å². The minimum atomic E-state index is -3.65. The molecular weight excluding hydrogens is 314 g/mol. The molecule has 3 N–H and O–H groups in total. The van der Waals surface area contributed by atoms with E-state index in [2.05, 4.69) is 17.1 Å². The summed E-state index contributed by atoms with van der Waals surface area (Å²) in [6.07, 6.45) is 4.22. The fourth-order valence-electron chi connectivity index (χ4n) is 2.82. The summed E-state index contributed by atoms with van der Waals surface area (Å²) in [5.41, 5.74) is 0.962. The molecule has 0 unspecified atom stereocenters. The summed E-state index contributed by atoms with van der Waals surface area (Å²) in [4.78, 5) is 14.3. The molecule has 7 heteroatoms. The number of carbonyl (C=O) groups is 1. The number of sulfonamides is 1. The van der Waals surface area contributed by atoms with Gasteiger partial charge in [0.1, 0.15) is 0 Å². The van der Waals surface area contributed by atoms with E-state index >= 15 is 0 Å². The molecule has 1 aliphatic rings. The molecule has 0 spiro atoms. The molecule has 0 aliphatic carbocycles. The van der Waals surface area contributed by atoms with Gasteiger partial charge in [0.05, 0.1) is 11.4 Å². The number of carbonyl (C=O) groups excluding carboxylic acids is 1. The van der Waals surface area contributed by atoms with Crippen molar-refractivity contribution < 1.29 is 13.2 Å². The van der Waals surface area contributed by atoms with Gasteiger partial charge in [0.15, 0.2) is 0 Å². The number of hydrogen-bond donors (Lipinski definition) is 2. The van der Waals surface area contributed by atoms with Crippen molar-refractivity contribution in [2.75, 3.05) is 19.6 Å². The summed E-state index contributed by atoms with van der Waals surface area (Å²) in [6.45, 7) is 4.14. The SMILES string of the molecule is C[C@H]1CCCCN1CC(=O)NCCc1ccc(S(N)(=O)=O)cc1. The molecule has 0 radical (unpaired) electrons. The number of primary sulfonamides is 1. The number of piperidine rings is 1. The predicted molar refractivity (Wildman–Crippen MR) is 89.4 cm³/mol. The Kier molecular flexibility index (Phi) is 6.15. The van der Waals surface area contributed by atoms with Crippen LogP contribution in [0.25, 0.3) is 0 Å². The molecule has 23 heavy (non-hydrogen) atoms. The molecule has 1 saturated heterocycles. The van der Waals surface area contributed by atoms with Gasteiger partial charge in [-0.15, -0.1) is 0 Å². The highest BCUT2D eigenvalue weighted by Gasteiger charge is 2.20. The molecule has 0 aromatic heterocycles. The molecule has 1 amide bonds. The lowest BCUT2D eigenvalue weighted by atomic mass is 10.0. The molecule has 1 atom stereocenters. The molecule has 1 aromatic carbocycles. The third-order valence-corrected chi connectivity index (χ3v) is 5.20. The number of hydrogen-bond acceptors (Lipinski definition) is 4. The highest BCUT2D eigenvalue weighted by Crippen LogP contribution is 2.15. The van der Waals surface area contributed by atoms with Gasteiger partial charge < -0.3 is 5.32 Å². The van der Waals surface area contributed by atoms with E-state index < -0.39 is 10.0 Å². The van der Waals surface area contributed by atoms with Crippen LogP contribution < -0.4 is 10.5 Å². The lowest BCUT2D eigenvalue weighted by molar-refractivity contribution is -0.123. The van der Waals surface area contributed by atoms with Crippen molar-refractivity contribution in [2.45, 2.75) is 43.5 Å². The van der Waals surface area contributed by atoms with E-state index in [1.165, 1.54) is 18.6 Å². The van der Waals surface area contributed by atoms with Crippen LogP contribution in [0.3, 0.4) is 0 Å². The van der Waals surface area contributed by atoms with Gasteiger partial charge in [-0.05, 0) is 50.4 Å². The molecule has 1 aromatic rings. The summed E-state index contributed by atoms with van der Waals surface area (Å²) >= 11 is 0. The number of nitrogens with two attached hydrogens (primary N) is 1. The highest BCUT2D eigenvalue weighted by molar-refractivity contribution is 7.89. The van der Waals surface area contributed by atoms with Crippen LogP contribution in [0.4, 0.5) is 0 Å². The zero-order chi connectivity index (χ0) is 16.9. The Morgan fingerprint density at radius 2 is 2.00 bits per heavy atom. The van der Waals surface area contributed by atoms with Crippen molar-refractivity contribution in [2.24, 2.45) is 5.14 Å². The predicted octanol–water partition coefficient (Wildman–Crippen LogP) is 0.867. The maximum absolute atomic E-state index is 12.0. The van der Waals surface area contributed by atoms with Crippen molar-refractivity contribution in [3.63, 3.8) is 0 Å². The Balaban J connectivity index is 1.75. The van der Waals surface area contributed by atoms with Crippen molar-refractivity contribution in [1.29, 1.82) is 0 Å². The van der Waals surface area contributed by atoms with Crippen molar-refractivity contribution in [3.8, 4) is 0 Å². The Morgan fingerprint density at radius 3 is 2.61 bits per heavy atom. The Labute approximate surface area is 138 Å². The van der Waals surface area contributed by atoms with Gasteiger partial charge in [-0.25, -0.2) is 13.6 Å². The van der Waals surface area contributed by atoms with Crippen molar-refractivity contribution >= 4 is 15.9 Å². The molecule has 2 rings (SSSR count). The first-order valence-corrected chi connectivity index (χ1v) is 9.53. The molecule has 1 aliphatic heterocycles. The lowest BCUT2D eigenvalue weighted by Crippen LogP contribution is -2.44. The number of rotatable bonds is 6. The van der Waals surface area contributed by atoms with Gasteiger partial charge in [0, 0.05) is 12.6 Å². The van der Waals surface area contributed by atoms with Crippen LogP contribution in [0, 0.1) is 0 Å². The number of likely N-dealkylation sites (tertiary alicyclic amines) is 1. The van der Waals surface area contributed by atoms with E-state index in [0.29, 0.717) is 25.6 Å². The maximum atomic E-state index is 12.0. The summed E-state index contributed by atoms with van der Waals surface area (Å²) in [7, 11) is -3.65. The molecule has 1 fully saturated rings. The van der Waals surface area contributed by atoms with Crippen molar-refractivity contribution in [3.05, 3.63) is 29.8 Å². The maximum Gasteiger partial charge on any atom is 0.238 e. The molecule has 128 valence electrons. The van der Waals surface area contributed by atoms with Gasteiger partial charge >= 0.3 is 0 Å². The number of nitrogens with one attached hydrogen (secondary N) is 1.